The molecule has 18 heavy (non-hydrogen) atoms. The Morgan fingerprint density at radius 2 is 2.00 bits per heavy atom. The van der Waals surface area contributed by atoms with Crippen LogP contribution in [0.15, 0.2) is 18.2 Å². The summed E-state index contributed by atoms with van der Waals surface area (Å²) in [6, 6.07) is 4.14. The van der Waals surface area contributed by atoms with E-state index in [0.717, 1.165) is 0 Å². The summed E-state index contributed by atoms with van der Waals surface area (Å²) in [6.45, 7) is 1.64. The van der Waals surface area contributed by atoms with E-state index in [-0.39, 0.29) is 17.7 Å². The Morgan fingerprint density at radius 1 is 1.33 bits per heavy atom. The van der Waals surface area contributed by atoms with Gasteiger partial charge in [0.05, 0.1) is 7.11 Å². The van der Waals surface area contributed by atoms with Crippen LogP contribution in [0.4, 0.5) is 0 Å². The predicted molar refractivity (Wildman–Crippen MR) is 62.3 cm³/mol. The molecule has 1 aromatic carbocycles. The third-order valence-electron chi connectivity index (χ3n) is 2.33. The van der Waals surface area contributed by atoms with Crippen LogP contribution in [0.1, 0.15) is 23.7 Å². The van der Waals surface area contributed by atoms with Crippen LogP contribution in [0.5, 0.6) is 11.5 Å². The Hall–Kier alpha value is -2.24. The number of benzene rings is 1. The molecule has 0 saturated heterocycles. The van der Waals surface area contributed by atoms with Crippen molar-refractivity contribution in [3.05, 3.63) is 23.8 Å². The molecule has 1 atom stereocenters. The zero-order valence-corrected chi connectivity index (χ0v) is 10.0. The average Bonchev–Trinajstić information content (AvgIpc) is 2.34. The van der Waals surface area contributed by atoms with Crippen LogP contribution in [0.2, 0.25) is 0 Å². The van der Waals surface area contributed by atoms with Gasteiger partial charge in [0, 0.05) is 6.07 Å². The van der Waals surface area contributed by atoms with Gasteiger partial charge in [0.1, 0.15) is 17.1 Å². The van der Waals surface area contributed by atoms with Gasteiger partial charge in [-0.25, -0.2) is 9.59 Å². The zero-order valence-electron chi connectivity index (χ0n) is 10.0. The summed E-state index contributed by atoms with van der Waals surface area (Å²) < 4.78 is 10.1. The first-order valence-electron chi connectivity index (χ1n) is 5.30. The van der Waals surface area contributed by atoms with Crippen molar-refractivity contribution in [1.29, 1.82) is 0 Å². The summed E-state index contributed by atoms with van der Waals surface area (Å²) in [7, 11) is 1.42. The second kappa shape index (κ2) is 5.90. The number of ether oxygens (including phenoxy) is 2. The summed E-state index contributed by atoms with van der Waals surface area (Å²) in [5.41, 5.74) is -0.101. The van der Waals surface area contributed by atoms with Gasteiger partial charge in [-0.15, -0.1) is 0 Å². The highest BCUT2D eigenvalue weighted by Gasteiger charge is 2.21. The number of carbonyl (C=O) groups is 2. The monoisotopic (exact) mass is 254 g/mol. The SMILES string of the molecule is CCC(Oc1cc(OC)ccc1C(=O)O)C(=O)O. The van der Waals surface area contributed by atoms with Crippen LogP contribution in [0.3, 0.4) is 0 Å². The van der Waals surface area contributed by atoms with Crippen molar-refractivity contribution >= 4 is 11.9 Å². The molecule has 0 spiro atoms. The fourth-order valence-corrected chi connectivity index (χ4v) is 1.37. The summed E-state index contributed by atoms with van der Waals surface area (Å²) >= 11 is 0. The van der Waals surface area contributed by atoms with Crippen LogP contribution in [-0.2, 0) is 4.79 Å². The van der Waals surface area contributed by atoms with E-state index in [2.05, 4.69) is 0 Å². The molecule has 0 aliphatic heterocycles. The lowest BCUT2D eigenvalue weighted by Crippen LogP contribution is -2.26. The minimum Gasteiger partial charge on any atom is -0.497 e. The highest BCUT2D eigenvalue weighted by Crippen LogP contribution is 2.26. The van der Waals surface area contributed by atoms with Gasteiger partial charge in [0.2, 0.25) is 0 Å². The van der Waals surface area contributed by atoms with Crippen LogP contribution < -0.4 is 9.47 Å². The first-order chi connectivity index (χ1) is 8.49. The second-order valence-corrected chi connectivity index (χ2v) is 3.52. The molecule has 1 unspecified atom stereocenters. The summed E-state index contributed by atoms with van der Waals surface area (Å²) in [5.74, 6) is -1.95. The fraction of sp³-hybridized carbons (Fsp3) is 0.333. The molecule has 6 heteroatoms. The number of aliphatic carboxylic acids is 1. The first kappa shape index (κ1) is 13.8. The maximum Gasteiger partial charge on any atom is 0.344 e. The molecule has 0 aliphatic carbocycles. The van der Waals surface area contributed by atoms with Gasteiger partial charge in [0.15, 0.2) is 6.10 Å². The number of hydrogen-bond donors (Lipinski definition) is 2. The van der Waals surface area contributed by atoms with Crippen molar-refractivity contribution in [1.82, 2.24) is 0 Å². The van der Waals surface area contributed by atoms with Crippen LogP contribution in [-0.4, -0.2) is 35.4 Å². The second-order valence-electron chi connectivity index (χ2n) is 3.52. The Bertz CT molecular complexity index is 454. The van der Waals surface area contributed by atoms with E-state index in [9.17, 15) is 9.59 Å². The highest BCUT2D eigenvalue weighted by molar-refractivity contribution is 5.91. The van der Waals surface area contributed by atoms with Crippen molar-refractivity contribution in [3.63, 3.8) is 0 Å². The number of rotatable bonds is 6. The van der Waals surface area contributed by atoms with Crippen LogP contribution in [0, 0.1) is 0 Å². The molecule has 0 heterocycles. The average molecular weight is 254 g/mol. The van der Waals surface area contributed by atoms with E-state index < -0.39 is 18.0 Å². The molecular formula is C12H14O6. The molecule has 0 amide bonds. The lowest BCUT2D eigenvalue weighted by atomic mass is 10.2. The number of carboxylic acid groups (broad SMARTS) is 2. The van der Waals surface area contributed by atoms with Crippen molar-refractivity contribution in [3.8, 4) is 11.5 Å². The standard InChI is InChI=1S/C12H14O6/c1-3-9(12(15)16)18-10-6-7(17-2)4-5-8(10)11(13)14/h4-6,9H,3H2,1-2H3,(H,13,14)(H,15,16). The highest BCUT2D eigenvalue weighted by atomic mass is 16.5. The van der Waals surface area contributed by atoms with Gasteiger partial charge in [-0.1, -0.05) is 6.92 Å². The molecule has 0 fully saturated rings. The normalized spacial score (nSPS) is 11.7. The van der Waals surface area contributed by atoms with Crippen molar-refractivity contribution < 1.29 is 29.3 Å². The van der Waals surface area contributed by atoms with Crippen molar-refractivity contribution in [2.24, 2.45) is 0 Å². The Balaban J connectivity index is 3.11. The van der Waals surface area contributed by atoms with E-state index >= 15 is 0 Å². The number of hydrogen-bond acceptors (Lipinski definition) is 4. The summed E-state index contributed by atoms with van der Waals surface area (Å²) in [5, 5.41) is 17.9. The fourth-order valence-electron chi connectivity index (χ4n) is 1.37. The minimum atomic E-state index is -1.19. The molecule has 2 N–H and O–H groups in total. The largest absolute Gasteiger partial charge is 0.497 e. The molecule has 0 saturated carbocycles. The molecule has 98 valence electrons. The van der Waals surface area contributed by atoms with E-state index in [1.807, 2.05) is 0 Å². The maximum atomic E-state index is 11.0. The number of carboxylic acids is 2. The summed E-state index contributed by atoms with van der Waals surface area (Å²) in [4.78, 5) is 21.9. The van der Waals surface area contributed by atoms with E-state index in [1.54, 1.807) is 6.92 Å². The first-order valence-corrected chi connectivity index (χ1v) is 5.30. The van der Waals surface area contributed by atoms with E-state index in [0.29, 0.717) is 5.75 Å². The number of methoxy groups -OCH3 is 1. The number of aromatic carboxylic acids is 1. The van der Waals surface area contributed by atoms with Gasteiger partial charge in [-0.05, 0) is 18.6 Å². The molecule has 0 aromatic heterocycles. The minimum absolute atomic E-state index is 0.0175. The maximum absolute atomic E-state index is 11.0. The van der Waals surface area contributed by atoms with Gasteiger partial charge >= 0.3 is 11.9 Å². The van der Waals surface area contributed by atoms with Gasteiger partial charge < -0.3 is 19.7 Å². The molecule has 0 radical (unpaired) electrons. The lowest BCUT2D eigenvalue weighted by molar-refractivity contribution is -0.145. The molecule has 0 aliphatic rings. The predicted octanol–water partition coefficient (Wildman–Crippen LogP) is 1.64. The Kier molecular flexibility index (Phi) is 4.53. The smallest absolute Gasteiger partial charge is 0.344 e. The quantitative estimate of drug-likeness (QED) is 0.801. The summed E-state index contributed by atoms with van der Waals surface area (Å²) in [6.07, 6.45) is -0.860. The van der Waals surface area contributed by atoms with Crippen LogP contribution >= 0.6 is 0 Å². The topological polar surface area (TPSA) is 93.1 Å². The Labute approximate surface area is 104 Å². The molecule has 1 aromatic rings. The van der Waals surface area contributed by atoms with E-state index in [4.69, 9.17) is 19.7 Å². The lowest BCUT2D eigenvalue weighted by Gasteiger charge is -2.15. The van der Waals surface area contributed by atoms with Crippen molar-refractivity contribution in [2.75, 3.05) is 7.11 Å². The third kappa shape index (κ3) is 3.13. The molecule has 1 rings (SSSR count). The van der Waals surface area contributed by atoms with Crippen LogP contribution in [0.25, 0.3) is 0 Å². The molecule has 6 nitrogen and oxygen atoms in total. The zero-order chi connectivity index (χ0) is 13.7. The van der Waals surface area contributed by atoms with Crippen molar-refractivity contribution in [2.45, 2.75) is 19.4 Å². The third-order valence-corrected chi connectivity index (χ3v) is 2.33. The molecule has 0 bridgehead atoms. The van der Waals surface area contributed by atoms with Gasteiger partial charge in [-0.3, -0.25) is 0 Å². The molecular weight excluding hydrogens is 240 g/mol. The van der Waals surface area contributed by atoms with Gasteiger partial charge in [0.25, 0.3) is 0 Å². The van der Waals surface area contributed by atoms with Gasteiger partial charge in [-0.2, -0.15) is 0 Å². The Morgan fingerprint density at radius 3 is 2.44 bits per heavy atom. The van der Waals surface area contributed by atoms with E-state index in [1.165, 1.54) is 25.3 Å².